The maximum Gasteiger partial charge on any atom is 0.223 e. The lowest BCUT2D eigenvalue weighted by Gasteiger charge is -2.28. The SMILES string of the molecule is CC(C)C(C)N(C)C(=O)CCNC1CC1. The molecule has 1 atom stereocenters. The van der Waals surface area contributed by atoms with E-state index in [2.05, 4.69) is 26.1 Å². The number of nitrogens with one attached hydrogen (secondary N) is 1. The van der Waals surface area contributed by atoms with Gasteiger partial charge in [-0.1, -0.05) is 13.8 Å². The van der Waals surface area contributed by atoms with E-state index in [9.17, 15) is 4.79 Å². The zero-order valence-electron chi connectivity index (χ0n) is 10.4. The quantitative estimate of drug-likeness (QED) is 0.726. The van der Waals surface area contributed by atoms with Crippen LogP contribution in [0.2, 0.25) is 0 Å². The molecule has 88 valence electrons. The molecule has 0 radical (unpaired) electrons. The van der Waals surface area contributed by atoms with Gasteiger partial charge in [-0.2, -0.15) is 0 Å². The number of nitrogens with zero attached hydrogens (tertiary/aromatic N) is 1. The summed E-state index contributed by atoms with van der Waals surface area (Å²) >= 11 is 0. The number of amides is 1. The van der Waals surface area contributed by atoms with Crippen LogP contribution in [0.4, 0.5) is 0 Å². The molecule has 3 nitrogen and oxygen atoms in total. The van der Waals surface area contributed by atoms with E-state index in [1.807, 2.05) is 11.9 Å². The number of hydrogen-bond acceptors (Lipinski definition) is 2. The summed E-state index contributed by atoms with van der Waals surface area (Å²) in [7, 11) is 1.91. The van der Waals surface area contributed by atoms with Crippen molar-refractivity contribution < 1.29 is 4.79 Å². The van der Waals surface area contributed by atoms with Gasteiger partial charge in [-0.05, 0) is 25.7 Å². The lowest BCUT2D eigenvalue weighted by molar-refractivity contribution is -0.132. The van der Waals surface area contributed by atoms with Crippen molar-refractivity contribution in [1.29, 1.82) is 0 Å². The molecule has 1 aliphatic rings. The summed E-state index contributed by atoms with van der Waals surface area (Å²) < 4.78 is 0. The summed E-state index contributed by atoms with van der Waals surface area (Å²) in [6.45, 7) is 7.24. The standard InChI is InChI=1S/C12H24N2O/c1-9(2)10(3)14(4)12(15)7-8-13-11-5-6-11/h9-11,13H,5-8H2,1-4H3. The first-order valence-corrected chi connectivity index (χ1v) is 6.01. The molecule has 0 aromatic rings. The molecule has 1 saturated carbocycles. The molecule has 0 heterocycles. The van der Waals surface area contributed by atoms with E-state index in [0.717, 1.165) is 6.54 Å². The van der Waals surface area contributed by atoms with Crippen LogP contribution in [0.15, 0.2) is 0 Å². The summed E-state index contributed by atoms with van der Waals surface area (Å²) in [6, 6.07) is 1.03. The number of carbonyl (C=O) groups excluding carboxylic acids is 1. The zero-order chi connectivity index (χ0) is 11.4. The first-order chi connectivity index (χ1) is 7.02. The molecule has 0 aliphatic heterocycles. The van der Waals surface area contributed by atoms with Crippen molar-refractivity contribution >= 4 is 5.91 Å². The zero-order valence-corrected chi connectivity index (χ0v) is 10.4. The number of carbonyl (C=O) groups is 1. The van der Waals surface area contributed by atoms with Gasteiger partial charge >= 0.3 is 0 Å². The molecule has 1 fully saturated rings. The van der Waals surface area contributed by atoms with Crippen molar-refractivity contribution in [3.63, 3.8) is 0 Å². The Bertz CT molecular complexity index is 212. The molecule has 1 aliphatic carbocycles. The highest BCUT2D eigenvalue weighted by molar-refractivity contribution is 5.76. The fourth-order valence-electron chi connectivity index (χ4n) is 1.52. The van der Waals surface area contributed by atoms with Crippen LogP contribution in [0.1, 0.15) is 40.0 Å². The Kier molecular flexibility index (Phi) is 4.58. The average Bonchev–Trinajstić information content (AvgIpc) is 2.99. The van der Waals surface area contributed by atoms with Crippen molar-refractivity contribution in [2.75, 3.05) is 13.6 Å². The second-order valence-corrected chi connectivity index (χ2v) is 4.97. The topological polar surface area (TPSA) is 32.3 Å². The monoisotopic (exact) mass is 212 g/mol. The smallest absolute Gasteiger partial charge is 0.223 e. The Balaban J connectivity index is 2.18. The van der Waals surface area contributed by atoms with Crippen molar-refractivity contribution in [3.8, 4) is 0 Å². The summed E-state index contributed by atoms with van der Waals surface area (Å²) in [5.74, 6) is 0.777. The van der Waals surface area contributed by atoms with Crippen LogP contribution in [-0.2, 0) is 4.79 Å². The Morgan fingerprint density at radius 2 is 2.00 bits per heavy atom. The van der Waals surface area contributed by atoms with E-state index in [-0.39, 0.29) is 5.91 Å². The molecule has 0 aromatic heterocycles. The molecule has 0 bridgehead atoms. The molecule has 15 heavy (non-hydrogen) atoms. The van der Waals surface area contributed by atoms with Gasteiger partial charge in [0.1, 0.15) is 0 Å². The van der Waals surface area contributed by atoms with E-state index >= 15 is 0 Å². The highest BCUT2D eigenvalue weighted by atomic mass is 16.2. The molecule has 3 heteroatoms. The van der Waals surface area contributed by atoms with Gasteiger partial charge < -0.3 is 10.2 Å². The predicted octanol–water partition coefficient (Wildman–Crippen LogP) is 1.63. The molecule has 1 N–H and O–H groups in total. The van der Waals surface area contributed by atoms with Crippen molar-refractivity contribution in [3.05, 3.63) is 0 Å². The largest absolute Gasteiger partial charge is 0.343 e. The fraction of sp³-hybridized carbons (Fsp3) is 0.917. The van der Waals surface area contributed by atoms with Crippen LogP contribution in [0, 0.1) is 5.92 Å². The highest BCUT2D eigenvalue weighted by Gasteiger charge is 2.22. The van der Waals surface area contributed by atoms with Crippen molar-refractivity contribution in [2.24, 2.45) is 5.92 Å². The lowest BCUT2D eigenvalue weighted by atomic mass is 10.1. The minimum atomic E-state index is 0.254. The van der Waals surface area contributed by atoms with Gasteiger partial charge in [-0.15, -0.1) is 0 Å². The molecular weight excluding hydrogens is 188 g/mol. The first kappa shape index (κ1) is 12.5. The maximum atomic E-state index is 11.8. The summed E-state index contributed by atoms with van der Waals surface area (Å²) in [6.07, 6.45) is 3.20. The number of hydrogen-bond donors (Lipinski definition) is 1. The first-order valence-electron chi connectivity index (χ1n) is 6.01. The molecule has 0 aromatic carbocycles. The van der Waals surface area contributed by atoms with Gasteiger partial charge in [0, 0.05) is 32.1 Å². The maximum absolute atomic E-state index is 11.8. The lowest BCUT2D eigenvalue weighted by Crippen LogP contribution is -2.39. The van der Waals surface area contributed by atoms with E-state index in [1.165, 1.54) is 12.8 Å². The molecular formula is C12H24N2O. The van der Waals surface area contributed by atoms with E-state index in [4.69, 9.17) is 0 Å². The van der Waals surface area contributed by atoms with Crippen molar-refractivity contribution in [1.82, 2.24) is 10.2 Å². The molecule has 1 rings (SSSR count). The van der Waals surface area contributed by atoms with Crippen LogP contribution < -0.4 is 5.32 Å². The highest BCUT2D eigenvalue weighted by Crippen LogP contribution is 2.18. The normalized spacial score (nSPS) is 17.9. The Hall–Kier alpha value is -0.570. The van der Waals surface area contributed by atoms with Crippen LogP contribution in [-0.4, -0.2) is 36.5 Å². The second-order valence-electron chi connectivity index (χ2n) is 4.97. The van der Waals surface area contributed by atoms with Gasteiger partial charge in [-0.3, -0.25) is 4.79 Å². The fourth-order valence-corrected chi connectivity index (χ4v) is 1.52. The second kappa shape index (κ2) is 5.50. The van der Waals surface area contributed by atoms with Crippen molar-refractivity contribution in [2.45, 2.75) is 52.1 Å². The van der Waals surface area contributed by atoms with Gasteiger partial charge in [0.2, 0.25) is 5.91 Å². The molecule has 0 spiro atoms. The van der Waals surface area contributed by atoms with Crippen LogP contribution in [0.25, 0.3) is 0 Å². The minimum absolute atomic E-state index is 0.254. The van der Waals surface area contributed by atoms with E-state index in [0.29, 0.717) is 24.4 Å². The molecule has 1 amide bonds. The molecule has 1 unspecified atom stereocenters. The summed E-state index contributed by atoms with van der Waals surface area (Å²) in [4.78, 5) is 13.7. The van der Waals surface area contributed by atoms with Gasteiger partial charge in [0.15, 0.2) is 0 Å². The average molecular weight is 212 g/mol. The number of rotatable bonds is 6. The third-order valence-electron chi connectivity index (χ3n) is 3.32. The molecule has 0 saturated heterocycles. The third-order valence-corrected chi connectivity index (χ3v) is 3.32. The van der Waals surface area contributed by atoms with Gasteiger partial charge in [0.05, 0.1) is 0 Å². The predicted molar refractivity (Wildman–Crippen MR) is 62.7 cm³/mol. The van der Waals surface area contributed by atoms with Gasteiger partial charge in [0.25, 0.3) is 0 Å². The third kappa shape index (κ3) is 4.20. The Labute approximate surface area is 93.2 Å². The minimum Gasteiger partial charge on any atom is -0.343 e. The van der Waals surface area contributed by atoms with Gasteiger partial charge in [-0.25, -0.2) is 0 Å². The van der Waals surface area contributed by atoms with Crippen LogP contribution in [0.3, 0.4) is 0 Å². The van der Waals surface area contributed by atoms with Crippen LogP contribution >= 0.6 is 0 Å². The van der Waals surface area contributed by atoms with E-state index in [1.54, 1.807) is 0 Å². The summed E-state index contributed by atoms with van der Waals surface area (Å²) in [5, 5.41) is 3.36. The Morgan fingerprint density at radius 1 is 1.40 bits per heavy atom. The van der Waals surface area contributed by atoms with E-state index < -0.39 is 0 Å². The van der Waals surface area contributed by atoms with Crippen LogP contribution in [0.5, 0.6) is 0 Å². The summed E-state index contributed by atoms with van der Waals surface area (Å²) in [5.41, 5.74) is 0. The Morgan fingerprint density at radius 3 is 2.47 bits per heavy atom.